The number of carbonyl (C=O) groups excluding carboxylic acids is 1. The molecule has 4 nitrogen and oxygen atoms in total. The van der Waals surface area contributed by atoms with E-state index in [1.54, 1.807) is 12.1 Å². The number of benzene rings is 1. The largest absolute Gasteiger partial charge is 0.397 e. The Kier molecular flexibility index (Phi) is 4.03. The smallest absolute Gasteiger partial charge is 0.270 e. The van der Waals surface area contributed by atoms with Crippen LogP contribution in [0.3, 0.4) is 0 Å². The zero-order valence-corrected chi connectivity index (χ0v) is 12.0. The summed E-state index contributed by atoms with van der Waals surface area (Å²) in [5.74, 6) is -0.197. The van der Waals surface area contributed by atoms with Gasteiger partial charge in [0.2, 0.25) is 0 Å². The highest BCUT2D eigenvalue weighted by atomic mass is 16.1. The Morgan fingerprint density at radius 3 is 2.60 bits per heavy atom. The molecule has 1 amide bonds. The fourth-order valence-corrected chi connectivity index (χ4v) is 2.20. The van der Waals surface area contributed by atoms with Gasteiger partial charge in [0, 0.05) is 0 Å². The second-order valence-corrected chi connectivity index (χ2v) is 5.03. The number of hydrogen-bond donors (Lipinski definition) is 2. The van der Waals surface area contributed by atoms with Crippen LogP contribution in [0.1, 0.15) is 40.1 Å². The molecule has 0 aliphatic carbocycles. The van der Waals surface area contributed by atoms with Gasteiger partial charge in [-0.2, -0.15) is 0 Å². The number of nitrogen functional groups attached to an aromatic ring is 1. The minimum absolute atomic E-state index is 0.0672. The summed E-state index contributed by atoms with van der Waals surface area (Å²) in [6, 6.07) is 9.43. The quantitative estimate of drug-likeness (QED) is 0.900. The van der Waals surface area contributed by atoms with Gasteiger partial charge in [-0.3, -0.25) is 4.79 Å². The first kappa shape index (κ1) is 14.1. The first-order chi connectivity index (χ1) is 9.47. The number of aromatic nitrogens is 1. The van der Waals surface area contributed by atoms with Crippen molar-refractivity contribution < 1.29 is 4.79 Å². The molecule has 2 aromatic rings. The van der Waals surface area contributed by atoms with Crippen LogP contribution in [-0.2, 0) is 0 Å². The molecule has 1 unspecified atom stereocenters. The Morgan fingerprint density at radius 2 is 2.00 bits per heavy atom. The van der Waals surface area contributed by atoms with Crippen LogP contribution in [0.4, 0.5) is 5.69 Å². The highest BCUT2D eigenvalue weighted by molar-refractivity contribution is 5.92. The van der Waals surface area contributed by atoms with Crippen molar-refractivity contribution in [1.29, 1.82) is 0 Å². The van der Waals surface area contributed by atoms with E-state index in [1.165, 1.54) is 17.3 Å². The summed E-state index contributed by atoms with van der Waals surface area (Å²) < 4.78 is 0. The first-order valence-corrected chi connectivity index (χ1v) is 6.57. The van der Waals surface area contributed by atoms with Crippen LogP contribution < -0.4 is 11.1 Å². The van der Waals surface area contributed by atoms with E-state index < -0.39 is 0 Å². The summed E-state index contributed by atoms with van der Waals surface area (Å²) in [5.41, 5.74) is 9.97. The molecule has 1 atom stereocenters. The van der Waals surface area contributed by atoms with Gasteiger partial charge < -0.3 is 11.1 Å². The van der Waals surface area contributed by atoms with Crippen molar-refractivity contribution in [2.75, 3.05) is 5.73 Å². The van der Waals surface area contributed by atoms with Crippen LogP contribution >= 0.6 is 0 Å². The fourth-order valence-electron chi connectivity index (χ4n) is 2.20. The molecular weight excluding hydrogens is 250 g/mol. The van der Waals surface area contributed by atoms with Crippen molar-refractivity contribution in [3.05, 3.63) is 58.9 Å². The Balaban J connectivity index is 2.12. The summed E-state index contributed by atoms with van der Waals surface area (Å²) in [4.78, 5) is 16.1. The molecular formula is C16H19N3O. The van der Waals surface area contributed by atoms with Gasteiger partial charge in [-0.25, -0.2) is 4.98 Å². The van der Waals surface area contributed by atoms with Gasteiger partial charge in [0.15, 0.2) is 0 Å². The van der Waals surface area contributed by atoms with Crippen LogP contribution in [0, 0.1) is 13.8 Å². The summed E-state index contributed by atoms with van der Waals surface area (Å²) in [5, 5.41) is 2.95. The molecule has 0 saturated carbocycles. The van der Waals surface area contributed by atoms with E-state index in [-0.39, 0.29) is 11.9 Å². The lowest BCUT2D eigenvalue weighted by Crippen LogP contribution is -2.27. The summed E-state index contributed by atoms with van der Waals surface area (Å²) in [6.07, 6.45) is 1.48. The Hall–Kier alpha value is -2.36. The minimum atomic E-state index is -0.197. The third-order valence-corrected chi connectivity index (χ3v) is 3.26. The second-order valence-electron chi connectivity index (χ2n) is 5.03. The van der Waals surface area contributed by atoms with Gasteiger partial charge in [0.05, 0.1) is 17.9 Å². The third kappa shape index (κ3) is 3.15. The molecule has 0 fully saturated rings. The van der Waals surface area contributed by atoms with Crippen molar-refractivity contribution in [1.82, 2.24) is 10.3 Å². The maximum absolute atomic E-state index is 12.1. The number of carbonyl (C=O) groups is 1. The van der Waals surface area contributed by atoms with Crippen LogP contribution in [0.25, 0.3) is 0 Å². The van der Waals surface area contributed by atoms with Crippen LogP contribution in [0.15, 0.2) is 36.5 Å². The van der Waals surface area contributed by atoms with E-state index in [4.69, 9.17) is 5.73 Å². The fraction of sp³-hybridized carbons (Fsp3) is 0.250. The zero-order chi connectivity index (χ0) is 14.7. The van der Waals surface area contributed by atoms with Crippen molar-refractivity contribution in [2.45, 2.75) is 26.8 Å². The van der Waals surface area contributed by atoms with Crippen molar-refractivity contribution >= 4 is 11.6 Å². The summed E-state index contributed by atoms with van der Waals surface area (Å²) in [6.45, 7) is 6.07. The van der Waals surface area contributed by atoms with E-state index >= 15 is 0 Å². The first-order valence-electron chi connectivity index (χ1n) is 6.57. The Labute approximate surface area is 119 Å². The van der Waals surface area contributed by atoms with Crippen LogP contribution in [-0.4, -0.2) is 10.9 Å². The highest BCUT2D eigenvalue weighted by Crippen LogP contribution is 2.18. The average molecular weight is 269 g/mol. The number of anilines is 1. The predicted molar refractivity (Wildman–Crippen MR) is 80.4 cm³/mol. The van der Waals surface area contributed by atoms with E-state index in [0.717, 1.165) is 5.56 Å². The van der Waals surface area contributed by atoms with E-state index in [2.05, 4.69) is 23.3 Å². The lowest BCUT2D eigenvalue weighted by Gasteiger charge is -2.17. The topological polar surface area (TPSA) is 68.0 Å². The van der Waals surface area contributed by atoms with Gasteiger partial charge in [-0.15, -0.1) is 0 Å². The molecule has 0 aliphatic heterocycles. The van der Waals surface area contributed by atoms with Crippen LogP contribution in [0.5, 0.6) is 0 Å². The highest BCUT2D eigenvalue weighted by Gasteiger charge is 2.13. The van der Waals surface area contributed by atoms with E-state index in [1.807, 2.05) is 26.0 Å². The molecule has 1 aromatic carbocycles. The molecule has 0 bridgehead atoms. The lowest BCUT2D eigenvalue weighted by atomic mass is 10.0. The SMILES string of the molecule is Cc1ccc(C(C)NC(=O)c2ccc(N)cn2)c(C)c1. The van der Waals surface area contributed by atoms with Crippen molar-refractivity contribution in [3.8, 4) is 0 Å². The molecule has 0 spiro atoms. The molecule has 3 N–H and O–H groups in total. The Morgan fingerprint density at radius 1 is 1.25 bits per heavy atom. The minimum Gasteiger partial charge on any atom is -0.397 e. The maximum atomic E-state index is 12.1. The molecule has 0 aliphatic rings. The number of nitrogens with zero attached hydrogens (tertiary/aromatic N) is 1. The number of amides is 1. The third-order valence-electron chi connectivity index (χ3n) is 3.26. The van der Waals surface area contributed by atoms with E-state index in [0.29, 0.717) is 11.4 Å². The standard InChI is InChI=1S/C16H19N3O/c1-10-4-6-14(11(2)8-10)12(3)19-16(20)15-7-5-13(17)9-18-15/h4-9,12H,17H2,1-3H3,(H,19,20). The average Bonchev–Trinajstić information content (AvgIpc) is 2.39. The molecule has 0 saturated heterocycles. The normalized spacial score (nSPS) is 11.9. The molecule has 104 valence electrons. The molecule has 0 radical (unpaired) electrons. The predicted octanol–water partition coefficient (Wildman–Crippen LogP) is 2.77. The summed E-state index contributed by atoms with van der Waals surface area (Å²) >= 11 is 0. The molecule has 4 heteroatoms. The van der Waals surface area contributed by atoms with Gasteiger partial charge in [0.25, 0.3) is 5.91 Å². The monoisotopic (exact) mass is 269 g/mol. The van der Waals surface area contributed by atoms with Crippen LogP contribution in [0.2, 0.25) is 0 Å². The zero-order valence-electron chi connectivity index (χ0n) is 12.0. The number of nitrogens with two attached hydrogens (primary N) is 1. The molecule has 2 rings (SSSR count). The number of pyridine rings is 1. The molecule has 20 heavy (non-hydrogen) atoms. The van der Waals surface area contributed by atoms with Crippen molar-refractivity contribution in [3.63, 3.8) is 0 Å². The number of nitrogens with one attached hydrogen (secondary N) is 1. The van der Waals surface area contributed by atoms with Gasteiger partial charge in [0.1, 0.15) is 5.69 Å². The number of aryl methyl sites for hydroxylation is 2. The maximum Gasteiger partial charge on any atom is 0.270 e. The lowest BCUT2D eigenvalue weighted by molar-refractivity contribution is 0.0935. The Bertz CT molecular complexity index is 620. The number of hydrogen-bond acceptors (Lipinski definition) is 3. The summed E-state index contributed by atoms with van der Waals surface area (Å²) in [7, 11) is 0. The van der Waals surface area contributed by atoms with E-state index in [9.17, 15) is 4.79 Å². The van der Waals surface area contributed by atoms with Gasteiger partial charge in [-0.05, 0) is 44.0 Å². The number of rotatable bonds is 3. The van der Waals surface area contributed by atoms with Gasteiger partial charge >= 0.3 is 0 Å². The molecule has 1 heterocycles. The van der Waals surface area contributed by atoms with Crippen molar-refractivity contribution in [2.24, 2.45) is 0 Å². The second kappa shape index (κ2) is 5.74. The molecule has 1 aromatic heterocycles. The van der Waals surface area contributed by atoms with Gasteiger partial charge in [-0.1, -0.05) is 23.8 Å².